The van der Waals surface area contributed by atoms with Crippen molar-refractivity contribution in [1.29, 1.82) is 0 Å². The van der Waals surface area contributed by atoms with Gasteiger partial charge in [0.1, 0.15) is 0 Å². The molecule has 0 saturated carbocycles. The van der Waals surface area contributed by atoms with Crippen LogP contribution in [0.5, 0.6) is 0 Å². The van der Waals surface area contributed by atoms with E-state index in [0.717, 1.165) is 18.4 Å². The molecule has 1 aromatic carbocycles. The molecule has 11 heteroatoms. The van der Waals surface area contributed by atoms with E-state index in [0.29, 0.717) is 50.4 Å². The molecule has 11 nitrogen and oxygen atoms in total. The summed E-state index contributed by atoms with van der Waals surface area (Å²) in [6, 6.07) is 9.59. The zero-order valence-corrected chi connectivity index (χ0v) is 18.9. The van der Waals surface area contributed by atoms with Crippen molar-refractivity contribution in [3.05, 3.63) is 35.9 Å². The number of nitrogens with zero attached hydrogens (tertiary/aromatic N) is 5. The van der Waals surface area contributed by atoms with Gasteiger partial charge in [0, 0.05) is 57.0 Å². The van der Waals surface area contributed by atoms with Crippen LogP contribution in [-0.4, -0.2) is 77.0 Å². The number of nitrogens with one attached hydrogen (secondary N) is 1. The van der Waals surface area contributed by atoms with Crippen LogP contribution in [0.25, 0.3) is 0 Å². The average molecular weight is 457 g/mol. The SMILES string of the molecule is N[C@@H]1C[C@H](N)CN(c2nc(NC(CCO)c3ccccc3)nc(N3C[C@H](N)C[C@H](N)C3)n2)C1. The predicted molar refractivity (Wildman–Crippen MR) is 130 cm³/mol. The minimum atomic E-state index is -0.156. The lowest BCUT2D eigenvalue weighted by Crippen LogP contribution is -2.54. The normalized spacial score (nSPS) is 26.8. The minimum Gasteiger partial charge on any atom is -0.396 e. The molecule has 2 aliphatic heterocycles. The maximum Gasteiger partial charge on any atom is 0.232 e. The third kappa shape index (κ3) is 6.06. The second-order valence-electron chi connectivity index (χ2n) is 9.20. The van der Waals surface area contributed by atoms with E-state index in [4.69, 9.17) is 37.9 Å². The second kappa shape index (κ2) is 10.6. The maximum absolute atomic E-state index is 9.64. The first-order valence-corrected chi connectivity index (χ1v) is 11.6. The van der Waals surface area contributed by atoms with Gasteiger partial charge in [0.2, 0.25) is 17.8 Å². The van der Waals surface area contributed by atoms with E-state index >= 15 is 0 Å². The van der Waals surface area contributed by atoms with Gasteiger partial charge in [0.25, 0.3) is 0 Å². The molecule has 4 rings (SSSR count). The molecule has 5 atom stereocenters. The fourth-order valence-electron chi connectivity index (χ4n) is 4.68. The van der Waals surface area contributed by atoms with Gasteiger partial charge < -0.3 is 43.2 Å². The van der Waals surface area contributed by atoms with E-state index in [1.54, 1.807) is 0 Å². The van der Waals surface area contributed by atoms with Gasteiger partial charge in [-0.25, -0.2) is 0 Å². The second-order valence-corrected chi connectivity index (χ2v) is 9.20. The number of nitrogens with two attached hydrogens (primary N) is 4. The van der Waals surface area contributed by atoms with Gasteiger partial charge in [-0.2, -0.15) is 15.0 Å². The van der Waals surface area contributed by atoms with Gasteiger partial charge in [-0.05, 0) is 24.8 Å². The van der Waals surface area contributed by atoms with Crippen LogP contribution in [0.4, 0.5) is 17.8 Å². The minimum absolute atomic E-state index is 0.0308. The third-order valence-electron chi connectivity index (χ3n) is 6.13. The Balaban J connectivity index is 1.67. The summed E-state index contributed by atoms with van der Waals surface area (Å²) in [5.74, 6) is 1.48. The molecule has 2 fully saturated rings. The van der Waals surface area contributed by atoms with Crippen molar-refractivity contribution in [3.63, 3.8) is 0 Å². The highest BCUT2D eigenvalue weighted by Gasteiger charge is 2.29. The summed E-state index contributed by atoms with van der Waals surface area (Å²) in [7, 11) is 0. The number of hydrogen-bond donors (Lipinski definition) is 6. The molecule has 2 saturated heterocycles. The summed E-state index contributed by atoms with van der Waals surface area (Å²) in [6.07, 6.45) is 2.04. The van der Waals surface area contributed by atoms with Crippen molar-refractivity contribution in [3.8, 4) is 0 Å². The molecular formula is C22H36N10O. The molecular weight excluding hydrogens is 420 g/mol. The Kier molecular flexibility index (Phi) is 7.56. The summed E-state index contributed by atoms with van der Waals surface area (Å²) in [5.41, 5.74) is 25.9. The van der Waals surface area contributed by atoms with Crippen molar-refractivity contribution in [2.45, 2.75) is 49.5 Å². The topological polar surface area (TPSA) is 181 Å². The molecule has 0 spiro atoms. The number of aliphatic hydroxyl groups excluding tert-OH is 1. The lowest BCUT2D eigenvalue weighted by atomic mass is 10.0. The highest BCUT2D eigenvalue weighted by molar-refractivity contribution is 5.47. The number of benzene rings is 1. The number of hydrogen-bond acceptors (Lipinski definition) is 11. The Labute approximate surface area is 194 Å². The predicted octanol–water partition coefficient (Wildman–Crippen LogP) is -0.863. The quantitative estimate of drug-likeness (QED) is 0.305. The van der Waals surface area contributed by atoms with Gasteiger partial charge in [-0.1, -0.05) is 30.3 Å². The lowest BCUT2D eigenvalue weighted by Gasteiger charge is -2.37. The van der Waals surface area contributed by atoms with Crippen LogP contribution in [0, 0.1) is 0 Å². The first-order valence-electron chi connectivity index (χ1n) is 11.6. The van der Waals surface area contributed by atoms with Crippen LogP contribution >= 0.6 is 0 Å². The third-order valence-corrected chi connectivity index (χ3v) is 6.13. The van der Waals surface area contributed by atoms with Crippen LogP contribution in [-0.2, 0) is 0 Å². The highest BCUT2D eigenvalue weighted by Crippen LogP contribution is 2.25. The van der Waals surface area contributed by atoms with Gasteiger partial charge >= 0.3 is 0 Å². The summed E-state index contributed by atoms with van der Waals surface area (Å²) in [4.78, 5) is 18.2. The van der Waals surface area contributed by atoms with Gasteiger partial charge in [0.15, 0.2) is 0 Å². The molecule has 2 aliphatic rings. The molecule has 33 heavy (non-hydrogen) atoms. The zero-order valence-electron chi connectivity index (χ0n) is 18.9. The van der Waals surface area contributed by atoms with Gasteiger partial charge in [-0.3, -0.25) is 0 Å². The van der Waals surface area contributed by atoms with E-state index in [1.165, 1.54) is 0 Å². The monoisotopic (exact) mass is 456 g/mol. The lowest BCUT2D eigenvalue weighted by molar-refractivity contribution is 0.280. The molecule has 0 bridgehead atoms. The molecule has 180 valence electrons. The van der Waals surface area contributed by atoms with Crippen molar-refractivity contribution in [2.24, 2.45) is 22.9 Å². The number of aromatic nitrogens is 3. The number of rotatable bonds is 7. The summed E-state index contributed by atoms with van der Waals surface area (Å²) >= 11 is 0. The highest BCUT2D eigenvalue weighted by atomic mass is 16.3. The van der Waals surface area contributed by atoms with Crippen molar-refractivity contribution in [2.75, 3.05) is 47.9 Å². The molecule has 3 heterocycles. The first-order chi connectivity index (χ1) is 15.9. The van der Waals surface area contributed by atoms with E-state index in [9.17, 15) is 5.11 Å². The summed E-state index contributed by atoms with van der Waals surface area (Å²) in [6.45, 7) is 2.51. The van der Waals surface area contributed by atoms with Crippen LogP contribution in [0.1, 0.15) is 30.9 Å². The first kappa shape index (κ1) is 23.6. The molecule has 1 unspecified atom stereocenters. The maximum atomic E-state index is 9.64. The van der Waals surface area contributed by atoms with Crippen LogP contribution in [0.3, 0.4) is 0 Å². The van der Waals surface area contributed by atoms with E-state index in [2.05, 4.69) is 5.32 Å². The van der Waals surface area contributed by atoms with Crippen LogP contribution in [0.15, 0.2) is 30.3 Å². The fraction of sp³-hybridized carbons (Fsp3) is 0.591. The zero-order chi connectivity index (χ0) is 23.4. The molecule has 0 aliphatic carbocycles. The Morgan fingerprint density at radius 1 is 0.818 bits per heavy atom. The number of piperidine rings is 2. The summed E-state index contributed by atoms with van der Waals surface area (Å²) < 4.78 is 0. The average Bonchev–Trinajstić information content (AvgIpc) is 2.78. The number of anilines is 3. The summed E-state index contributed by atoms with van der Waals surface area (Å²) in [5, 5.41) is 13.0. The Bertz CT molecular complexity index is 836. The van der Waals surface area contributed by atoms with Crippen LogP contribution < -0.4 is 38.1 Å². The van der Waals surface area contributed by atoms with Gasteiger partial charge in [0.05, 0.1) is 6.04 Å². The standard InChI is InChI=1S/C22H36N10O/c23-15-8-16(24)11-31(10-15)21-28-20(27-19(6-7-33)14-4-2-1-3-5-14)29-22(30-21)32-12-17(25)9-18(26)13-32/h1-5,15-19,33H,6-13,23-26H2,(H,27,28,29,30)/t15-,16+,17-,18+,19?. The molecule has 1 aromatic heterocycles. The van der Waals surface area contributed by atoms with Crippen molar-refractivity contribution >= 4 is 17.8 Å². The van der Waals surface area contributed by atoms with Crippen molar-refractivity contribution in [1.82, 2.24) is 15.0 Å². The van der Waals surface area contributed by atoms with Crippen LogP contribution in [0.2, 0.25) is 0 Å². The van der Waals surface area contributed by atoms with E-state index < -0.39 is 0 Å². The van der Waals surface area contributed by atoms with Crippen molar-refractivity contribution < 1.29 is 5.11 Å². The molecule has 10 N–H and O–H groups in total. The Hall–Kier alpha value is -2.57. The van der Waals surface area contributed by atoms with E-state index in [-0.39, 0.29) is 36.8 Å². The van der Waals surface area contributed by atoms with E-state index in [1.807, 2.05) is 40.1 Å². The largest absolute Gasteiger partial charge is 0.396 e. The molecule has 0 amide bonds. The Morgan fingerprint density at radius 2 is 1.30 bits per heavy atom. The smallest absolute Gasteiger partial charge is 0.232 e. The van der Waals surface area contributed by atoms with Gasteiger partial charge in [-0.15, -0.1) is 0 Å². The fourth-order valence-corrected chi connectivity index (χ4v) is 4.68. The molecule has 2 aromatic rings. The molecule has 0 radical (unpaired) electrons. The number of aliphatic hydroxyl groups is 1. The Morgan fingerprint density at radius 3 is 1.76 bits per heavy atom.